The Labute approximate surface area is 83.7 Å². The van der Waals surface area contributed by atoms with E-state index in [2.05, 4.69) is 20.8 Å². The van der Waals surface area contributed by atoms with E-state index in [1.54, 1.807) is 0 Å². The van der Waals surface area contributed by atoms with Crippen LogP contribution < -0.4 is 5.73 Å². The molecule has 0 aliphatic carbocycles. The number of nitrogens with one attached hydrogen (secondary N) is 1. The maximum atomic E-state index is 7.38. The molecule has 2 nitrogen and oxygen atoms in total. The van der Waals surface area contributed by atoms with E-state index in [4.69, 9.17) is 5.73 Å². The summed E-state index contributed by atoms with van der Waals surface area (Å²) in [6.45, 7) is 12.2. The zero-order chi connectivity index (χ0) is 10.2. The lowest BCUT2D eigenvalue weighted by molar-refractivity contribution is -0.927. The van der Waals surface area contributed by atoms with E-state index < -0.39 is 0 Å². The first kappa shape index (κ1) is 12.9. The van der Waals surface area contributed by atoms with Crippen LogP contribution in [0.3, 0.4) is 0 Å². The monoisotopic (exact) mass is 186 g/mol. The van der Waals surface area contributed by atoms with Gasteiger partial charge in [0.1, 0.15) is 0 Å². The van der Waals surface area contributed by atoms with Crippen LogP contribution >= 0.6 is 0 Å². The van der Waals surface area contributed by atoms with Crippen molar-refractivity contribution in [2.24, 2.45) is 0 Å². The highest BCUT2D eigenvalue weighted by Gasteiger charge is 2.23. The third-order valence-corrected chi connectivity index (χ3v) is 2.68. The lowest BCUT2D eigenvalue weighted by atomic mass is 10.2. The standard InChI is InChI=1S/C11H26N2/c1-4-8-13(9-5-2,10-6-3)11-7-12/h12H,4-11H2,1-3H3/q+1. The average Bonchev–Trinajstić information content (AvgIpc) is 2.06. The van der Waals surface area contributed by atoms with E-state index in [1.807, 2.05) is 0 Å². The van der Waals surface area contributed by atoms with E-state index in [1.165, 1.54) is 43.4 Å². The number of hydrogen-bond acceptors (Lipinski definition) is 0. The third kappa shape index (κ3) is 4.63. The van der Waals surface area contributed by atoms with Gasteiger partial charge in [-0.1, -0.05) is 20.8 Å². The van der Waals surface area contributed by atoms with Crippen LogP contribution in [0.1, 0.15) is 40.0 Å². The van der Waals surface area contributed by atoms with Crippen LogP contribution in [0.5, 0.6) is 0 Å². The van der Waals surface area contributed by atoms with Crippen LogP contribution in [0.25, 0.3) is 0 Å². The molecule has 1 N–H and O–H groups in total. The Morgan fingerprint density at radius 1 is 0.769 bits per heavy atom. The van der Waals surface area contributed by atoms with Crippen molar-refractivity contribution in [2.45, 2.75) is 40.0 Å². The fourth-order valence-electron chi connectivity index (χ4n) is 2.33. The summed E-state index contributed by atoms with van der Waals surface area (Å²) in [5.74, 6) is 0. The minimum atomic E-state index is 0.583. The molecule has 0 aromatic carbocycles. The van der Waals surface area contributed by atoms with Crippen molar-refractivity contribution in [1.82, 2.24) is 5.73 Å². The smallest absolute Gasteiger partial charge is 0.0927 e. The van der Waals surface area contributed by atoms with Crippen molar-refractivity contribution in [3.05, 3.63) is 0 Å². The molecule has 0 fully saturated rings. The summed E-state index contributed by atoms with van der Waals surface area (Å²) in [6, 6.07) is 0. The highest BCUT2D eigenvalue weighted by molar-refractivity contribution is 4.45. The topological polar surface area (TPSA) is 23.8 Å². The summed E-state index contributed by atoms with van der Waals surface area (Å²) in [5, 5.41) is 0. The molecule has 13 heavy (non-hydrogen) atoms. The summed E-state index contributed by atoms with van der Waals surface area (Å²) in [5.41, 5.74) is 7.38. The van der Waals surface area contributed by atoms with E-state index in [0.29, 0.717) is 6.54 Å². The van der Waals surface area contributed by atoms with Crippen molar-refractivity contribution in [1.29, 1.82) is 0 Å². The maximum Gasteiger partial charge on any atom is 0.0927 e. The largest absolute Gasteiger partial charge is 0.323 e. The van der Waals surface area contributed by atoms with Gasteiger partial charge in [0.2, 0.25) is 0 Å². The van der Waals surface area contributed by atoms with Gasteiger partial charge in [-0.05, 0) is 19.3 Å². The Morgan fingerprint density at radius 3 is 1.38 bits per heavy atom. The van der Waals surface area contributed by atoms with Gasteiger partial charge >= 0.3 is 0 Å². The molecule has 0 spiro atoms. The predicted molar refractivity (Wildman–Crippen MR) is 58.6 cm³/mol. The lowest BCUT2D eigenvalue weighted by Crippen LogP contribution is -2.51. The van der Waals surface area contributed by atoms with Crippen molar-refractivity contribution in [3.8, 4) is 0 Å². The van der Waals surface area contributed by atoms with E-state index in [0.717, 1.165) is 6.54 Å². The van der Waals surface area contributed by atoms with Crippen LogP contribution in [-0.4, -0.2) is 37.2 Å². The molecular formula is C11H26N2+. The molecule has 0 unspecified atom stereocenters. The summed E-state index contributed by atoms with van der Waals surface area (Å²) in [4.78, 5) is 0. The second kappa shape index (κ2) is 7.34. The van der Waals surface area contributed by atoms with Gasteiger partial charge in [0.25, 0.3) is 0 Å². The van der Waals surface area contributed by atoms with Crippen molar-refractivity contribution in [3.63, 3.8) is 0 Å². The van der Waals surface area contributed by atoms with Crippen molar-refractivity contribution in [2.75, 3.05) is 32.7 Å². The third-order valence-electron chi connectivity index (χ3n) is 2.68. The molecule has 0 saturated heterocycles. The van der Waals surface area contributed by atoms with Gasteiger partial charge < -0.3 is 4.48 Å². The normalized spacial score (nSPS) is 12.0. The Bertz CT molecular complexity index is 83.1. The first-order chi connectivity index (χ1) is 6.24. The lowest BCUT2D eigenvalue weighted by Gasteiger charge is -2.38. The van der Waals surface area contributed by atoms with E-state index >= 15 is 0 Å². The minimum absolute atomic E-state index is 0.583. The summed E-state index contributed by atoms with van der Waals surface area (Å²) < 4.78 is 1.19. The minimum Gasteiger partial charge on any atom is -0.323 e. The van der Waals surface area contributed by atoms with Gasteiger partial charge in [-0.15, -0.1) is 0 Å². The molecule has 0 saturated carbocycles. The highest BCUT2D eigenvalue weighted by Crippen LogP contribution is 2.10. The molecule has 0 bridgehead atoms. The fourth-order valence-corrected chi connectivity index (χ4v) is 2.33. The SMILES string of the molecule is CCC[N+](CCC)(CCC)CC[NH]. The highest BCUT2D eigenvalue weighted by atomic mass is 15.3. The predicted octanol–water partition coefficient (Wildman–Crippen LogP) is 2.32. The van der Waals surface area contributed by atoms with E-state index in [-0.39, 0.29) is 0 Å². The quantitative estimate of drug-likeness (QED) is 0.520. The van der Waals surface area contributed by atoms with Crippen LogP contribution in [-0.2, 0) is 0 Å². The Hall–Kier alpha value is -0.0800. The Balaban J connectivity index is 4.19. The molecule has 0 rings (SSSR count). The van der Waals surface area contributed by atoms with Crippen molar-refractivity contribution >= 4 is 0 Å². The van der Waals surface area contributed by atoms with Crippen LogP contribution in [0.15, 0.2) is 0 Å². The Kier molecular flexibility index (Phi) is 7.29. The van der Waals surface area contributed by atoms with Gasteiger partial charge in [0.05, 0.1) is 32.7 Å². The first-order valence-corrected chi connectivity index (χ1v) is 5.74. The zero-order valence-electron chi connectivity index (χ0n) is 9.60. The number of nitrogens with zero attached hydrogens (tertiary/aromatic N) is 1. The number of hydrogen-bond donors (Lipinski definition) is 0. The Morgan fingerprint density at radius 2 is 1.15 bits per heavy atom. The van der Waals surface area contributed by atoms with Gasteiger partial charge in [0, 0.05) is 0 Å². The average molecular weight is 186 g/mol. The summed E-state index contributed by atoms with van der Waals surface area (Å²) >= 11 is 0. The van der Waals surface area contributed by atoms with Gasteiger partial charge in [0.15, 0.2) is 0 Å². The van der Waals surface area contributed by atoms with Gasteiger partial charge in [-0.3, -0.25) is 5.73 Å². The second-order valence-corrected chi connectivity index (χ2v) is 3.99. The number of rotatable bonds is 8. The molecule has 0 aromatic heterocycles. The molecule has 0 atom stereocenters. The van der Waals surface area contributed by atoms with Gasteiger partial charge in [-0.2, -0.15) is 0 Å². The molecular weight excluding hydrogens is 160 g/mol. The molecule has 2 heteroatoms. The summed E-state index contributed by atoms with van der Waals surface area (Å²) in [6.07, 6.45) is 3.75. The molecule has 0 heterocycles. The van der Waals surface area contributed by atoms with Crippen LogP contribution in [0.4, 0.5) is 0 Å². The van der Waals surface area contributed by atoms with Crippen LogP contribution in [0, 0.1) is 0 Å². The first-order valence-electron chi connectivity index (χ1n) is 5.74. The van der Waals surface area contributed by atoms with E-state index in [9.17, 15) is 0 Å². The maximum absolute atomic E-state index is 7.38. The molecule has 0 amide bonds. The zero-order valence-corrected chi connectivity index (χ0v) is 9.60. The molecule has 1 radical (unpaired) electrons. The number of quaternary nitrogens is 1. The fraction of sp³-hybridized carbons (Fsp3) is 1.00. The molecule has 0 aliphatic heterocycles. The molecule has 79 valence electrons. The molecule has 0 aromatic rings. The van der Waals surface area contributed by atoms with Gasteiger partial charge in [-0.25, -0.2) is 0 Å². The molecule has 0 aliphatic rings. The van der Waals surface area contributed by atoms with Crippen molar-refractivity contribution < 1.29 is 4.48 Å². The summed E-state index contributed by atoms with van der Waals surface area (Å²) in [7, 11) is 0. The second-order valence-electron chi connectivity index (χ2n) is 3.99. The van der Waals surface area contributed by atoms with Crippen LogP contribution in [0.2, 0.25) is 0 Å².